The van der Waals surface area contributed by atoms with Crippen LogP contribution >= 0.6 is 11.3 Å². The molecule has 1 aliphatic rings. The van der Waals surface area contributed by atoms with Gasteiger partial charge in [0.2, 0.25) is 5.91 Å². The molecule has 3 amide bonds. The lowest BCUT2D eigenvalue weighted by Crippen LogP contribution is -2.40. The van der Waals surface area contributed by atoms with E-state index in [4.69, 9.17) is 5.73 Å². The highest BCUT2D eigenvalue weighted by Gasteiger charge is 2.37. The minimum Gasteiger partial charge on any atom is -0.396 e. The number of nitrogens with one attached hydrogen (secondary N) is 1. The van der Waals surface area contributed by atoms with Crippen LogP contribution in [0, 0.1) is 0 Å². The van der Waals surface area contributed by atoms with Crippen LogP contribution in [-0.2, 0) is 9.59 Å². The third kappa shape index (κ3) is 2.11. The van der Waals surface area contributed by atoms with E-state index < -0.39 is 17.9 Å². The van der Waals surface area contributed by atoms with E-state index in [9.17, 15) is 14.4 Å². The number of hydrogen-bond donors (Lipinski definition) is 2. The van der Waals surface area contributed by atoms with Gasteiger partial charge in [0.05, 0.1) is 12.1 Å². The maximum absolute atomic E-state index is 12.2. The number of anilines is 1. The Morgan fingerprint density at radius 1 is 1.43 bits per heavy atom. The fourth-order valence-corrected chi connectivity index (χ4v) is 3.03. The normalized spacial score (nSPS) is 18.5. The van der Waals surface area contributed by atoms with Crippen LogP contribution in [-0.4, -0.2) is 45.7 Å². The molecule has 1 saturated heterocycles. The number of nitrogen functional groups attached to an aromatic ring is 1. The van der Waals surface area contributed by atoms with E-state index >= 15 is 0 Å². The summed E-state index contributed by atoms with van der Waals surface area (Å²) in [6.45, 7) is 0. The SMILES string of the molecule is CN1C(=O)CC(NC(=O)c2sc3nccnc3c2N)C1=O. The van der Waals surface area contributed by atoms with Crippen LogP contribution in [0.1, 0.15) is 16.1 Å². The molecule has 0 radical (unpaired) electrons. The van der Waals surface area contributed by atoms with E-state index in [2.05, 4.69) is 15.3 Å². The summed E-state index contributed by atoms with van der Waals surface area (Å²) in [7, 11) is 1.39. The number of fused-ring (bicyclic) bond motifs is 1. The van der Waals surface area contributed by atoms with Crippen LogP contribution in [0.25, 0.3) is 10.3 Å². The minimum absolute atomic E-state index is 0.0393. The van der Waals surface area contributed by atoms with E-state index in [0.29, 0.717) is 10.3 Å². The van der Waals surface area contributed by atoms with Crippen molar-refractivity contribution in [2.24, 2.45) is 0 Å². The molecule has 0 aromatic carbocycles. The number of amides is 3. The van der Waals surface area contributed by atoms with Gasteiger partial charge in [0, 0.05) is 19.4 Å². The molecule has 1 fully saturated rings. The second kappa shape index (κ2) is 4.77. The van der Waals surface area contributed by atoms with Crippen molar-refractivity contribution in [2.75, 3.05) is 12.8 Å². The van der Waals surface area contributed by atoms with Gasteiger partial charge in [-0.25, -0.2) is 9.97 Å². The van der Waals surface area contributed by atoms with E-state index in [0.717, 1.165) is 16.2 Å². The van der Waals surface area contributed by atoms with Gasteiger partial charge in [-0.2, -0.15) is 0 Å². The van der Waals surface area contributed by atoms with Gasteiger partial charge in [-0.3, -0.25) is 19.3 Å². The Balaban J connectivity index is 1.86. The number of carbonyl (C=O) groups excluding carboxylic acids is 3. The zero-order valence-corrected chi connectivity index (χ0v) is 11.8. The minimum atomic E-state index is -0.847. The van der Waals surface area contributed by atoms with Gasteiger partial charge in [-0.05, 0) is 0 Å². The molecular formula is C12H11N5O3S. The first kappa shape index (κ1) is 13.4. The summed E-state index contributed by atoms with van der Waals surface area (Å²) in [5.74, 6) is -1.25. The van der Waals surface area contributed by atoms with E-state index in [1.54, 1.807) is 0 Å². The van der Waals surface area contributed by atoms with Crippen molar-refractivity contribution in [3.8, 4) is 0 Å². The second-order valence-electron chi connectivity index (χ2n) is 4.58. The maximum Gasteiger partial charge on any atom is 0.264 e. The molecule has 21 heavy (non-hydrogen) atoms. The molecule has 1 atom stereocenters. The smallest absolute Gasteiger partial charge is 0.264 e. The highest BCUT2D eigenvalue weighted by atomic mass is 32.1. The number of carbonyl (C=O) groups is 3. The molecule has 2 aromatic rings. The number of likely N-dealkylation sites (tertiary alicyclic amines) is 1. The summed E-state index contributed by atoms with van der Waals surface area (Å²) < 4.78 is 0. The molecule has 0 spiro atoms. The zero-order chi connectivity index (χ0) is 15.1. The van der Waals surface area contributed by atoms with Crippen molar-refractivity contribution in [3.05, 3.63) is 17.3 Å². The Bertz CT molecular complexity index is 771. The summed E-state index contributed by atoms with van der Waals surface area (Å²) in [5.41, 5.74) is 6.57. The molecule has 2 aromatic heterocycles. The van der Waals surface area contributed by atoms with Crippen molar-refractivity contribution in [2.45, 2.75) is 12.5 Å². The first-order chi connectivity index (χ1) is 9.99. The van der Waals surface area contributed by atoms with Gasteiger partial charge in [-0.1, -0.05) is 0 Å². The second-order valence-corrected chi connectivity index (χ2v) is 5.58. The summed E-state index contributed by atoms with van der Waals surface area (Å²) in [6.07, 6.45) is 2.96. The monoisotopic (exact) mass is 305 g/mol. The summed E-state index contributed by atoms with van der Waals surface area (Å²) in [5, 5.41) is 2.53. The summed E-state index contributed by atoms with van der Waals surface area (Å²) in [4.78, 5) is 45.4. The van der Waals surface area contributed by atoms with E-state index in [1.165, 1.54) is 19.4 Å². The molecule has 3 N–H and O–H groups in total. The third-order valence-electron chi connectivity index (χ3n) is 3.26. The number of hydrogen-bond acceptors (Lipinski definition) is 7. The maximum atomic E-state index is 12.2. The lowest BCUT2D eigenvalue weighted by atomic mass is 10.2. The number of thiophene rings is 1. The largest absolute Gasteiger partial charge is 0.396 e. The van der Waals surface area contributed by atoms with Crippen LogP contribution in [0.15, 0.2) is 12.4 Å². The lowest BCUT2D eigenvalue weighted by molar-refractivity contribution is -0.137. The summed E-state index contributed by atoms with van der Waals surface area (Å²) >= 11 is 1.10. The number of nitrogens with zero attached hydrogens (tertiary/aromatic N) is 3. The highest BCUT2D eigenvalue weighted by molar-refractivity contribution is 7.21. The van der Waals surface area contributed by atoms with Gasteiger partial charge >= 0.3 is 0 Å². The van der Waals surface area contributed by atoms with Crippen molar-refractivity contribution < 1.29 is 14.4 Å². The molecule has 108 valence electrons. The molecule has 3 rings (SSSR count). The summed E-state index contributed by atoms with van der Waals surface area (Å²) in [6, 6.07) is -0.847. The number of imide groups is 1. The molecule has 0 aliphatic carbocycles. The molecule has 1 aliphatic heterocycles. The van der Waals surface area contributed by atoms with Gasteiger partial charge < -0.3 is 11.1 Å². The first-order valence-electron chi connectivity index (χ1n) is 6.09. The molecule has 0 bridgehead atoms. The predicted molar refractivity (Wildman–Crippen MR) is 75.5 cm³/mol. The molecule has 8 nitrogen and oxygen atoms in total. The Hall–Kier alpha value is -2.55. The lowest BCUT2D eigenvalue weighted by Gasteiger charge is -2.10. The first-order valence-corrected chi connectivity index (χ1v) is 6.91. The fraction of sp³-hybridized carbons (Fsp3) is 0.250. The van der Waals surface area contributed by atoms with Gasteiger partial charge in [0.15, 0.2) is 0 Å². The van der Waals surface area contributed by atoms with Crippen molar-refractivity contribution >= 4 is 45.1 Å². The Kier molecular flexibility index (Phi) is 3.05. The number of nitrogens with two attached hydrogens (primary N) is 1. The number of rotatable bonds is 2. The topological polar surface area (TPSA) is 118 Å². The van der Waals surface area contributed by atoms with Crippen molar-refractivity contribution in [1.29, 1.82) is 0 Å². The molecule has 0 saturated carbocycles. The fourth-order valence-electron chi connectivity index (χ4n) is 2.10. The molecule has 1 unspecified atom stereocenters. The Morgan fingerprint density at radius 2 is 2.14 bits per heavy atom. The van der Waals surface area contributed by atoms with Crippen molar-refractivity contribution in [1.82, 2.24) is 20.2 Å². The van der Waals surface area contributed by atoms with E-state index in [1.807, 2.05) is 0 Å². The van der Waals surface area contributed by atoms with Crippen LogP contribution in [0.3, 0.4) is 0 Å². The van der Waals surface area contributed by atoms with Gasteiger partial charge in [0.25, 0.3) is 11.8 Å². The van der Waals surface area contributed by atoms with Crippen LogP contribution in [0.2, 0.25) is 0 Å². The third-order valence-corrected chi connectivity index (χ3v) is 4.36. The van der Waals surface area contributed by atoms with Crippen molar-refractivity contribution in [3.63, 3.8) is 0 Å². The number of likely N-dealkylation sites (N-methyl/N-ethyl adjacent to an activating group) is 1. The average molecular weight is 305 g/mol. The molecule has 9 heteroatoms. The van der Waals surface area contributed by atoms with Crippen LogP contribution in [0.4, 0.5) is 5.69 Å². The molecular weight excluding hydrogens is 294 g/mol. The predicted octanol–water partition coefficient (Wildman–Crippen LogP) is -0.239. The van der Waals surface area contributed by atoms with Gasteiger partial charge in [0.1, 0.15) is 21.3 Å². The van der Waals surface area contributed by atoms with Crippen LogP contribution in [0.5, 0.6) is 0 Å². The van der Waals surface area contributed by atoms with E-state index in [-0.39, 0.29) is 22.9 Å². The standard InChI is InChI=1S/C12H11N5O3S/c1-17-6(18)4-5(12(17)20)16-10(19)9-7(13)8-11(21-9)15-3-2-14-8/h2-3,5H,4,13H2,1H3,(H,16,19). The highest BCUT2D eigenvalue weighted by Crippen LogP contribution is 2.30. The molecule has 3 heterocycles. The average Bonchev–Trinajstić information content (AvgIpc) is 2.93. The Morgan fingerprint density at radius 3 is 2.76 bits per heavy atom. The van der Waals surface area contributed by atoms with Gasteiger partial charge in [-0.15, -0.1) is 11.3 Å². The van der Waals surface area contributed by atoms with Crippen LogP contribution < -0.4 is 11.1 Å². The zero-order valence-electron chi connectivity index (χ0n) is 11.0. The Labute approximate surface area is 123 Å². The number of aromatic nitrogens is 2. The quantitative estimate of drug-likeness (QED) is 0.739.